The van der Waals surface area contributed by atoms with Gasteiger partial charge in [0.15, 0.2) is 0 Å². The van der Waals surface area contributed by atoms with Gasteiger partial charge in [0, 0.05) is 40.6 Å². The van der Waals surface area contributed by atoms with Crippen LogP contribution in [0.1, 0.15) is 30.9 Å². The van der Waals surface area contributed by atoms with Crippen molar-refractivity contribution in [1.29, 1.82) is 5.41 Å². The number of amides is 2. The zero-order valence-electron chi connectivity index (χ0n) is 18.8. The second-order valence-electron chi connectivity index (χ2n) is 8.03. The monoisotopic (exact) mass is 494 g/mol. The Morgan fingerprint density at radius 3 is 2.29 bits per heavy atom. The molecule has 0 aliphatic carbocycles. The molecular formula is C26H24ClFN4O3. The highest BCUT2D eigenvalue weighted by Crippen LogP contribution is 2.26. The maximum Gasteiger partial charge on any atom is 0.412 e. The van der Waals surface area contributed by atoms with Crippen LogP contribution in [0.25, 0.3) is 0 Å². The predicted octanol–water partition coefficient (Wildman–Crippen LogP) is 6.38. The molecule has 4 rings (SSSR count). The fourth-order valence-corrected chi connectivity index (χ4v) is 3.91. The van der Waals surface area contributed by atoms with E-state index in [2.05, 4.69) is 10.6 Å². The maximum atomic E-state index is 14.5. The van der Waals surface area contributed by atoms with Gasteiger partial charge in [-0.3, -0.25) is 15.5 Å². The largest absolute Gasteiger partial charge is 0.431 e. The number of hydrogen-bond donors (Lipinski definition) is 3. The average Bonchev–Trinajstić information content (AvgIpc) is 2.85. The molecule has 180 valence electrons. The molecule has 0 spiro atoms. The number of halogens is 2. The molecule has 7 nitrogen and oxygen atoms in total. The van der Waals surface area contributed by atoms with Gasteiger partial charge in [-0.05, 0) is 67.4 Å². The predicted molar refractivity (Wildman–Crippen MR) is 135 cm³/mol. The number of rotatable bonds is 6. The van der Waals surface area contributed by atoms with E-state index in [1.807, 2.05) is 17.0 Å². The third-order valence-corrected chi connectivity index (χ3v) is 5.81. The standard InChI is InChI=1S/C26H24ClFN4O3/c27-17-8-10-19(11-9-17)31-26(34)35-24(21-5-1-2-6-22(21)28)25(33)30-18-12-14-20(15-13-18)32-16-4-3-7-23(32)29/h1-2,5-6,8-15,24,29H,3-4,7,16H2,(H,30,33)(H,31,34)/t24-/m1/s1. The molecule has 1 heterocycles. The summed E-state index contributed by atoms with van der Waals surface area (Å²) in [5.74, 6) is -0.821. The van der Waals surface area contributed by atoms with E-state index in [4.69, 9.17) is 21.7 Å². The first-order valence-corrected chi connectivity index (χ1v) is 11.5. The van der Waals surface area contributed by atoms with Crippen LogP contribution in [-0.4, -0.2) is 24.4 Å². The van der Waals surface area contributed by atoms with Gasteiger partial charge in [-0.25, -0.2) is 9.18 Å². The van der Waals surface area contributed by atoms with Crippen LogP contribution >= 0.6 is 11.6 Å². The van der Waals surface area contributed by atoms with Crippen molar-refractivity contribution in [2.75, 3.05) is 22.1 Å². The number of amidine groups is 1. The van der Waals surface area contributed by atoms with E-state index in [1.54, 1.807) is 42.5 Å². The van der Waals surface area contributed by atoms with E-state index >= 15 is 0 Å². The molecule has 3 aromatic rings. The first-order chi connectivity index (χ1) is 16.9. The van der Waals surface area contributed by atoms with Crippen molar-refractivity contribution in [3.8, 4) is 0 Å². The van der Waals surface area contributed by atoms with Crippen LogP contribution < -0.4 is 15.5 Å². The number of carbonyl (C=O) groups is 2. The number of ether oxygens (including phenoxy) is 1. The summed E-state index contributed by atoms with van der Waals surface area (Å²) in [6.45, 7) is 0.774. The molecule has 1 aliphatic heterocycles. The van der Waals surface area contributed by atoms with Crippen LogP contribution in [0.2, 0.25) is 5.02 Å². The molecular weight excluding hydrogens is 471 g/mol. The Hall–Kier alpha value is -3.91. The molecule has 3 aromatic carbocycles. The molecule has 1 aliphatic rings. The number of nitrogens with zero attached hydrogens (tertiary/aromatic N) is 1. The number of benzene rings is 3. The van der Waals surface area contributed by atoms with E-state index in [1.165, 1.54) is 18.2 Å². The van der Waals surface area contributed by atoms with Crippen LogP contribution in [0.4, 0.5) is 26.2 Å². The van der Waals surface area contributed by atoms with Crippen molar-refractivity contribution in [1.82, 2.24) is 0 Å². The van der Waals surface area contributed by atoms with Crippen molar-refractivity contribution in [2.24, 2.45) is 0 Å². The van der Waals surface area contributed by atoms with Gasteiger partial charge in [0.05, 0.1) is 0 Å². The third kappa shape index (κ3) is 6.16. The SMILES string of the molecule is N=C1CCCCN1c1ccc(NC(=O)[C@H](OC(=O)Nc2ccc(Cl)cc2)c2ccccc2F)cc1. The van der Waals surface area contributed by atoms with Gasteiger partial charge in [0.2, 0.25) is 6.10 Å². The topological polar surface area (TPSA) is 94.5 Å². The molecule has 9 heteroatoms. The Labute approximate surface area is 207 Å². The summed E-state index contributed by atoms with van der Waals surface area (Å²) in [6.07, 6.45) is 0.305. The molecule has 2 amide bonds. The van der Waals surface area contributed by atoms with Crippen LogP contribution in [0.3, 0.4) is 0 Å². The highest BCUT2D eigenvalue weighted by molar-refractivity contribution is 6.30. The highest BCUT2D eigenvalue weighted by atomic mass is 35.5. The lowest BCUT2D eigenvalue weighted by atomic mass is 10.1. The number of anilines is 3. The summed E-state index contributed by atoms with van der Waals surface area (Å²) in [5, 5.41) is 13.8. The van der Waals surface area contributed by atoms with E-state index in [-0.39, 0.29) is 5.56 Å². The van der Waals surface area contributed by atoms with Crippen LogP contribution in [0.5, 0.6) is 0 Å². The van der Waals surface area contributed by atoms with E-state index < -0.39 is 23.9 Å². The van der Waals surface area contributed by atoms with Gasteiger partial charge in [-0.1, -0.05) is 29.8 Å². The van der Waals surface area contributed by atoms with Gasteiger partial charge in [-0.15, -0.1) is 0 Å². The van der Waals surface area contributed by atoms with Gasteiger partial charge in [-0.2, -0.15) is 0 Å². The Morgan fingerprint density at radius 1 is 0.943 bits per heavy atom. The second kappa shape index (κ2) is 11.0. The number of piperidine rings is 1. The van der Waals surface area contributed by atoms with E-state index in [9.17, 15) is 14.0 Å². The molecule has 0 saturated carbocycles. The fraction of sp³-hybridized carbons (Fsp3) is 0.192. The Balaban J connectivity index is 1.49. The minimum absolute atomic E-state index is 0.0744. The summed E-state index contributed by atoms with van der Waals surface area (Å²) >= 11 is 5.86. The Morgan fingerprint density at radius 2 is 1.60 bits per heavy atom. The van der Waals surface area contributed by atoms with Gasteiger partial charge < -0.3 is 15.0 Å². The van der Waals surface area contributed by atoms with Crippen molar-refractivity contribution < 1.29 is 18.7 Å². The minimum Gasteiger partial charge on any atom is -0.431 e. The average molecular weight is 495 g/mol. The van der Waals surface area contributed by atoms with Crippen LogP contribution in [-0.2, 0) is 9.53 Å². The van der Waals surface area contributed by atoms with Gasteiger partial charge in [0.1, 0.15) is 11.7 Å². The fourth-order valence-electron chi connectivity index (χ4n) is 3.78. The second-order valence-corrected chi connectivity index (χ2v) is 8.47. The zero-order chi connectivity index (χ0) is 24.8. The highest BCUT2D eigenvalue weighted by Gasteiger charge is 2.28. The molecule has 1 saturated heterocycles. The maximum absolute atomic E-state index is 14.5. The van der Waals surface area contributed by atoms with Crippen LogP contribution in [0.15, 0.2) is 72.8 Å². The molecule has 0 unspecified atom stereocenters. The smallest absolute Gasteiger partial charge is 0.412 e. The van der Waals surface area contributed by atoms with Gasteiger partial charge in [0.25, 0.3) is 5.91 Å². The number of hydrogen-bond acceptors (Lipinski definition) is 4. The summed E-state index contributed by atoms with van der Waals surface area (Å²) in [7, 11) is 0. The molecule has 1 fully saturated rings. The van der Waals surface area contributed by atoms with E-state index in [0.717, 1.165) is 31.5 Å². The van der Waals surface area contributed by atoms with Crippen molar-refractivity contribution in [3.05, 3.63) is 89.2 Å². The number of nitrogens with one attached hydrogen (secondary N) is 3. The lowest BCUT2D eigenvalue weighted by Crippen LogP contribution is -2.34. The van der Waals surface area contributed by atoms with E-state index in [0.29, 0.717) is 22.2 Å². The van der Waals surface area contributed by atoms with Crippen molar-refractivity contribution in [3.63, 3.8) is 0 Å². The molecule has 0 bridgehead atoms. The lowest BCUT2D eigenvalue weighted by molar-refractivity contribution is -0.124. The molecule has 0 aromatic heterocycles. The molecule has 3 N–H and O–H groups in total. The normalized spacial score (nSPS) is 14.2. The molecule has 1 atom stereocenters. The Bertz CT molecular complexity index is 1220. The summed E-state index contributed by atoms with van der Waals surface area (Å²) in [6, 6.07) is 19.0. The first kappa shape index (κ1) is 24.2. The van der Waals surface area contributed by atoms with Crippen LogP contribution in [0, 0.1) is 11.2 Å². The summed E-state index contributed by atoms with van der Waals surface area (Å²) in [4.78, 5) is 27.5. The molecule has 0 radical (unpaired) electrons. The minimum atomic E-state index is -1.53. The zero-order valence-corrected chi connectivity index (χ0v) is 19.5. The first-order valence-electron chi connectivity index (χ1n) is 11.1. The number of carbonyl (C=O) groups excluding carboxylic acids is 2. The molecule has 35 heavy (non-hydrogen) atoms. The van der Waals surface area contributed by atoms with Crippen molar-refractivity contribution in [2.45, 2.75) is 25.4 Å². The van der Waals surface area contributed by atoms with Gasteiger partial charge >= 0.3 is 6.09 Å². The van der Waals surface area contributed by atoms with Crippen molar-refractivity contribution >= 4 is 46.5 Å². The third-order valence-electron chi connectivity index (χ3n) is 5.56. The quantitative estimate of drug-likeness (QED) is 0.371. The summed E-state index contributed by atoms with van der Waals surface area (Å²) < 4.78 is 19.9. The lowest BCUT2D eigenvalue weighted by Gasteiger charge is -2.29. The Kier molecular flexibility index (Phi) is 7.62. The summed E-state index contributed by atoms with van der Waals surface area (Å²) in [5.41, 5.74) is 1.64.